The van der Waals surface area contributed by atoms with Gasteiger partial charge in [-0.2, -0.15) is 0 Å². The lowest BCUT2D eigenvalue weighted by atomic mass is 9.94. The van der Waals surface area contributed by atoms with E-state index >= 15 is 0 Å². The minimum atomic E-state index is -0.862. The van der Waals surface area contributed by atoms with Gasteiger partial charge in [0.1, 0.15) is 6.04 Å². The molecule has 6 heteroatoms. The topological polar surface area (TPSA) is 95.5 Å². The van der Waals surface area contributed by atoms with Gasteiger partial charge in [-0.15, -0.1) is 0 Å². The van der Waals surface area contributed by atoms with Crippen LogP contribution < -0.4 is 10.6 Å². The van der Waals surface area contributed by atoms with Crippen molar-refractivity contribution in [1.82, 2.24) is 10.6 Å². The molecule has 0 aromatic rings. The van der Waals surface area contributed by atoms with Gasteiger partial charge in [-0.1, -0.05) is 19.3 Å². The first-order valence-electron chi connectivity index (χ1n) is 6.72. The first-order valence-corrected chi connectivity index (χ1v) is 6.72. The summed E-state index contributed by atoms with van der Waals surface area (Å²) in [6.07, 6.45) is 4.07. The number of nitrogens with one attached hydrogen (secondary N) is 2. The van der Waals surface area contributed by atoms with Crippen LogP contribution in [0.2, 0.25) is 0 Å². The number of carboxylic acids is 1. The molecule has 3 unspecified atom stereocenters. The van der Waals surface area contributed by atoms with E-state index < -0.39 is 17.9 Å². The van der Waals surface area contributed by atoms with Crippen LogP contribution in [0, 0.1) is 5.92 Å². The smallest absolute Gasteiger partial charge is 0.308 e. The van der Waals surface area contributed by atoms with Crippen LogP contribution in [0.25, 0.3) is 0 Å². The number of carbonyl (C=O) groups excluding carboxylic acids is 2. The highest BCUT2D eigenvalue weighted by Crippen LogP contribution is 2.23. The monoisotopic (exact) mass is 270 g/mol. The first kappa shape index (κ1) is 15.5. The molecule has 0 aromatic heterocycles. The van der Waals surface area contributed by atoms with Gasteiger partial charge in [-0.05, 0) is 19.8 Å². The molecule has 1 fully saturated rings. The molecule has 1 aliphatic rings. The predicted octanol–water partition coefficient (Wildman–Crippen LogP) is 0.661. The molecule has 1 aliphatic carbocycles. The Kier molecular flexibility index (Phi) is 5.79. The second-order valence-corrected chi connectivity index (χ2v) is 5.12. The second-order valence-electron chi connectivity index (χ2n) is 5.12. The van der Waals surface area contributed by atoms with E-state index in [1.165, 1.54) is 6.92 Å². The first-order chi connectivity index (χ1) is 8.91. The molecule has 0 saturated heterocycles. The van der Waals surface area contributed by atoms with Crippen LogP contribution in [0.3, 0.4) is 0 Å². The maximum Gasteiger partial charge on any atom is 0.308 e. The average molecular weight is 270 g/mol. The molecule has 19 heavy (non-hydrogen) atoms. The molecule has 3 N–H and O–H groups in total. The van der Waals surface area contributed by atoms with Crippen LogP contribution in [-0.2, 0) is 14.4 Å². The molecular weight excluding hydrogens is 248 g/mol. The Bertz CT molecular complexity index is 357. The summed E-state index contributed by atoms with van der Waals surface area (Å²) in [5.41, 5.74) is 0. The third-order valence-corrected chi connectivity index (χ3v) is 3.47. The highest BCUT2D eigenvalue weighted by Gasteiger charge is 2.31. The van der Waals surface area contributed by atoms with Crippen molar-refractivity contribution in [3.05, 3.63) is 0 Å². The molecule has 0 aliphatic heterocycles. The Morgan fingerprint density at radius 1 is 1.16 bits per heavy atom. The van der Waals surface area contributed by atoms with Gasteiger partial charge in [-0.25, -0.2) is 0 Å². The largest absolute Gasteiger partial charge is 0.481 e. The van der Waals surface area contributed by atoms with E-state index in [1.54, 1.807) is 6.92 Å². The van der Waals surface area contributed by atoms with Gasteiger partial charge in [0.2, 0.25) is 11.8 Å². The third-order valence-electron chi connectivity index (χ3n) is 3.47. The van der Waals surface area contributed by atoms with E-state index in [4.69, 9.17) is 0 Å². The van der Waals surface area contributed by atoms with E-state index in [9.17, 15) is 19.5 Å². The lowest BCUT2D eigenvalue weighted by Gasteiger charge is -2.24. The van der Waals surface area contributed by atoms with E-state index in [2.05, 4.69) is 10.6 Å². The summed E-state index contributed by atoms with van der Waals surface area (Å²) in [5, 5.41) is 14.5. The quantitative estimate of drug-likeness (QED) is 0.654. The Labute approximate surface area is 112 Å². The highest BCUT2D eigenvalue weighted by atomic mass is 16.4. The van der Waals surface area contributed by atoms with Crippen molar-refractivity contribution in [3.8, 4) is 0 Å². The summed E-state index contributed by atoms with van der Waals surface area (Å²) < 4.78 is 0. The molecule has 1 saturated carbocycles. The maximum atomic E-state index is 11.9. The van der Waals surface area contributed by atoms with Gasteiger partial charge in [0.05, 0.1) is 5.92 Å². The highest BCUT2D eigenvalue weighted by molar-refractivity contribution is 5.87. The number of rotatable bonds is 4. The summed E-state index contributed by atoms with van der Waals surface area (Å²) >= 11 is 0. The molecule has 3 atom stereocenters. The zero-order valence-electron chi connectivity index (χ0n) is 11.4. The fraction of sp³-hybridized carbons (Fsp3) is 0.769. The molecule has 0 aromatic carbocycles. The molecule has 6 nitrogen and oxygen atoms in total. The Morgan fingerprint density at radius 2 is 1.79 bits per heavy atom. The minimum Gasteiger partial charge on any atom is -0.481 e. The third kappa shape index (κ3) is 4.89. The number of hydrogen-bond donors (Lipinski definition) is 3. The Hall–Kier alpha value is -1.59. The lowest BCUT2D eigenvalue weighted by molar-refractivity contribution is -0.143. The number of carbonyl (C=O) groups is 3. The summed E-state index contributed by atoms with van der Waals surface area (Å²) in [5.74, 6) is -2.00. The summed E-state index contributed by atoms with van der Waals surface area (Å²) in [4.78, 5) is 34.0. The number of hydrogen-bond acceptors (Lipinski definition) is 3. The van der Waals surface area contributed by atoms with Crippen LogP contribution in [0.1, 0.15) is 46.0 Å². The van der Waals surface area contributed by atoms with E-state index in [0.29, 0.717) is 12.8 Å². The molecule has 2 amide bonds. The summed E-state index contributed by atoms with van der Waals surface area (Å²) in [6, 6.07) is -0.987. The fourth-order valence-electron chi connectivity index (χ4n) is 2.45. The van der Waals surface area contributed by atoms with Crippen molar-refractivity contribution in [1.29, 1.82) is 0 Å². The number of aliphatic carboxylic acids is 1. The summed E-state index contributed by atoms with van der Waals surface area (Å²) in [7, 11) is 0. The van der Waals surface area contributed by atoms with Crippen molar-refractivity contribution in [3.63, 3.8) is 0 Å². The molecule has 1 rings (SSSR count). The van der Waals surface area contributed by atoms with E-state index in [-0.39, 0.29) is 17.9 Å². The SMILES string of the molecule is CC(=O)NC(C)C(=O)NC1CCCCCC1C(=O)O. The number of amides is 2. The molecule has 0 bridgehead atoms. The Morgan fingerprint density at radius 3 is 2.37 bits per heavy atom. The van der Waals surface area contributed by atoms with E-state index in [0.717, 1.165) is 19.3 Å². The van der Waals surface area contributed by atoms with Gasteiger partial charge in [-0.3, -0.25) is 14.4 Å². The van der Waals surface area contributed by atoms with Gasteiger partial charge in [0, 0.05) is 13.0 Å². The zero-order valence-corrected chi connectivity index (χ0v) is 11.4. The van der Waals surface area contributed by atoms with Crippen LogP contribution in [-0.4, -0.2) is 35.0 Å². The van der Waals surface area contributed by atoms with E-state index in [1.807, 2.05) is 0 Å². The summed E-state index contributed by atoms with van der Waals surface area (Å²) in [6.45, 7) is 2.93. The van der Waals surface area contributed by atoms with Crippen molar-refractivity contribution in [2.75, 3.05) is 0 Å². The van der Waals surface area contributed by atoms with Crippen LogP contribution >= 0.6 is 0 Å². The molecule has 0 radical (unpaired) electrons. The Balaban J connectivity index is 2.62. The molecular formula is C13H22N2O4. The molecule has 0 spiro atoms. The van der Waals surface area contributed by atoms with Crippen molar-refractivity contribution in [2.24, 2.45) is 5.92 Å². The zero-order chi connectivity index (χ0) is 14.4. The fourth-order valence-corrected chi connectivity index (χ4v) is 2.45. The second kappa shape index (κ2) is 7.11. The van der Waals surface area contributed by atoms with Gasteiger partial charge >= 0.3 is 5.97 Å². The average Bonchev–Trinajstić information content (AvgIpc) is 2.53. The standard InChI is InChI=1S/C13H22N2O4/c1-8(14-9(2)16)12(17)15-11-7-5-3-4-6-10(11)13(18)19/h8,10-11H,3-7H2,1-2H3,(H,14,16)(H,15,17)(H,18,19). The maximum absolute atomic E-state index is 11.9. The van der Waals surface area contributed by atoms with Crippen molar-refractivity contribution >= 4 is 17.8 Å². The van der Waals surface area contributed by atoms with Gasteiger partial charge in [0.15, 0.2) is 0 Å². The van der Waals surface area contributed by atoms with Crippen molar-refractivity contribution < 1.29 is 19.5 Å². The van der Waals surface area contributed by atoms with Crippen molar-refractivity contribution in [2.45, 2.75) is 58.0 Å². The normalized spacial score (nSPS) is 24.9. The van der Waals surface area contributed by atoms with Crippen LogP contribution in [0.4, 0.5) is 0 Å². The predicted molar refractivity (Wildman–Crippen MR) is 69.4 cm³/mol. The lowest BCUT2D eigenvalue weighted by Crippen LogP contribution is -2.50. The molecule has 108 valence electrons. The van der Waals surface area contributed by atoms with Gasteiger partial charge < -0.3 is 15.7 Å². The van der Waals surface area contributed by atoms with Crippen LogP contribution in [0.15, 0.2) is 0 Å². The van der Waals surface area contributed by atoms with Crippen LogP contribution in [0.5, 0.6) is 0 Å². The number of carboxylic acid groups (broad SMARTS) is 1. The van der Waals surface area contributed by atoms with Gasteiger partial charge in [0.25, 0.3) is 0 Å². The minimum absolute atomic E-state index is 0.279. The molecule has 0 heterocycles.